The van der Waals surface area contributed by atoms with Gasteiger partial charge in [-0.05, 0) is 39.5 Å². The number of halogens is 1. The Morgan fingerprint density at radius 2 is 2.12 bits per heavy atom. The topological polar surface area (TPSA) is 24.9 Å². The van der Waals surface area contributed by atoms with Crippen LogP contribution in [0, 0.1) is 0 Å². The average Bonchev–Trinajstić information content (AvgIpc) is 2.81. The molecule has 0 saturated heterocycles. The van der Waals surface area contributed by atoms with Gasteiger partial charge in [0.25, 0.3) is 0 Å². The molecule has 0 aliphatic heterocycles. The van der Waals surface area contributed by atoms with E-state index in [4.69, 9.17) is 0 Å². The molecule has 2 nitrogen and oxygen atoms in total. The van der Waals surface area contributed by atoms with Gasteiger partial charge in [0.1, 0.15) is 10.4 Å². The summed E-state index contributed by atoms with van der Waals surface area (Å²) < 4.78 is 0.858. The summed E-state index contributed by atoms with van der Waals surface area (Å²) in [5.74, 6) is 0.906. The van der Waals surface area contributed by atoms with Crippen LogP contribution in [0.15, 0.2) is 40.3 Å². The largest absolute Gasteiger partial charge is 0.369 e. The summed E-state index contributed by atoms with van der Waals surface area (Å²) in [6.07, 6.45) is 0. The van der Waals surface area contributed by atoms with E-state index in [1.165, 1.54) is 4.88 Å². The van der Waals surface area contributed by atoms with Crippen molar-refractivity contribution < 1.29 is 0 Å². The number of pyridine rings is 1. The second kappa shape index (κ2) is 5.19. The Morgan fingerprint density at radius 3 is 2.76 bits per heavy atom. The highest BCUT2D eigenvalue weighted by Crippen LogP contribution is 2.27. The van der Waals surface area contributed by atoms with Gasteiger partial charge in [-0.15, -0.1) is 11.3 Å². The van der Waals surface area contributed by atoms with Crippen LogP contribution in [-0.2, 0) is 5.41 Å². The van der Waals surface area contributed by atoms with Gasteiger partial charge >= 0.3 is 0 Å². The number of thiophene rings is 1. The summed E-state index contributed by atoms with van der Waals surface area (Å²) in [5.41, 5.74) is 0.123. The minimum Gasteiger partial charge on any atom is -0.369 e. The second-order valence-electron chi connectivity index (χ2n) is 4.56. The Labute approximate surface area is 114 Å². The first-order chi connectivity index (χ1) is 8.08. The van der Waals surface area contributed by atoms with Crippen molar-refractivity contribution in [2.75, 3.05) is 11.9 Å². The first kappa shape index (κ1) is 12.6. The zero-order valence-corrected chi connectivity index (χ0v) is 12.3. The molecule has 90 valence electrons. The number of hydrogen-bond acceptors (Lipinski definition) is 3. The molecule has 0 aliphatic rings. The zero-order chi connectivity index (χ0) is 12.3. The minimum absolute atomic E-state index is 0.123. The predicted octanol–water partition coefficient (Wildman–Crippen LogP) is 4.30. The molecule has 0 unspecified atom stereocenters. The molecular weight excluding hydrogens is 296 g/mol. The van der Waals surface area contributed by atoms with Crippen LogP contribution in [0.25, 0.3) is 0 Å². The van der Waals surface area contributed by atoms with E-state index in [9.17, 15) is 0 Å². The molecule has 2 heterocycles. The van der Waals surface area contributed by atoms with E-state index in [-0.39, 0.29) is 5.41 Å². The highest BCUT2D eigenvalue weighted by molar-refractivity contribution is 9.10. The molecule has 0 atom stereocenters. The van der Waals surface area contributed by atoms with Gasteiger partial charge in [-0.1, -0.05) is 26.0 Å². The normalized spacial score (nSPS) is 11.5. The average molecular weight is 311 g/mol. The molecule has 0 aromatic carbocycles. The van der Waals surface area contributed by atoms with Crippen molar-refractivity contribution in [3.63, 3.8) is 0 Å². The smallest absolute Gasteiger partial charge is 0.127 e. The van der Waals surface area contributed by atoms with Crippen molar-refractivity contribution in [2.45, 2.75) is 19.3 Å². The number of aromatic nitrogens is 1. The summed E-state index contributed by atoms with van der Waals surface area (Å²) >= 11 is 5.17. The molecule has 0 aliphatic carbocycles. The molecule has 0 bridgehead atoms. The molecule has 2 aromatic rings. The Kier molecular flexibility index (Phi) is 3.84. The first-order valence-corrected chi connectivity index (χ1v) is 7.16. The fourth-order valence-electron chi connectivity index (χ4n) is 1.57. The predicted molar refractivity (Wildman–Crippen MR) is 77.8 cm³/mol. The molecule has 0 amide bonds. The van der Waals surface area contributed by atoms with Crippen molar-refractivity contribution in [3.05, 3.63) is 45.2 Å². The van der Waals surface area contributed by atoms with E-state index >= 15 is 0 Å². The molecule has 0 fully saturated rings. The lowest BCUT2D eigenvalue weighted by molar-refractivity contribution is 0.568. The van der Waals surface area contributed by atoms with Gasteiger partial charge in [0.2, 0.25) is 0 Å². The summed E-state index contributed by atoms with van der Waals surface area (Å²) in [6, 6.07) is 10.2. The third-order valence-corrected chi connectivity index (χ3v) is 4.29. The van der Waals surface area contributed by atoms with Crippen LogP contribution >= 0.6 is 27.3 Å². The SMILES string of the molecule is CC(C)(CNc1cccc(Br)n1)c1cccs1. The third kappa shape index (κ3) is 3.30. The summed E-state index contributed by atoms with van der Waals surface area (Å²) in [6.45, 7) is 5.35. The maximum Gasteiger partial charge on any atom is 0.127 e. The number of rotatable bonds is 4. The lowest BCUT2D eigenvalue weighted by atomic mass is 9.91. The summed E-state index contributed by atoms with van der Waals surface area (Å²) in [4.78, 5) is 5.76. The van der Waals surface area contributed by atoms with Crippen molar-refractivity contribution in [1.29, 1.82) is 0 Å². The zero-order valence-electron chi connectivity index (χ0n) is 9.90. The lowest BCUT2D eigenvalue weighted by Gasteiger charge is -2.24. The molecule has 2 rings (SSSR count). The van der Waals surface area contributed by atoms with Crippen LogP contribution in [0.2, 0.25) is 0 Å². The minimum atomic E-state index is 0.123. The van der Waals surface area contributed by atoms with E-state index < -0.39 is 0 Å². The molecule has 1 N–H and O–H groups in total. The van der Waals surface area contributed by atoms with Gasteiger partial charge < -0.3 is 5.32 Å². The monoisotopic (exact) mass is 310 g/mol. The molecule has 2 aromatic heterocycles. The van der Waals surface area contributed by atoms with Gasteiger partial charge in [-0.2, -0.15) is 0 Å². The van der Waals surface area contributed by atoms with E-state index in [2.05, 4.69) is 57.6 Å². The van der Waals surface area contributed by atoms with E-state index in [0.717, 1.165) is 17.0 Å². The Bertz CT molecular complexity index is 480. The third-order valence-electron chi connectivity index (χ3n) is 2.61. The van der Waals surface area contributed by atoms with Crippen LogP contribution in [0.5, 0.6) is 0 Å². The van der Waals surface area contributed by atoms with Crippen molar-refractivity contribution in [1.82, 2.24) is 4.98 Å². The molecule has 0 spiro atoms. The second-order valence-corrected chi connectivity index (χ2v) is 6.32. The number of nitrogens with one attached hydrogen (secondary N) is 1. The van der Waals surface area contributed by atoms with Crippen molar-refractivity contribution >= 4 is 33.1 Å². The van der Waals surface area contributed by atoms with Gasteiger partial charge in [-0.3, -0.25) is 0 Å². The van der Waals surface area contributed by atoms with E-state index in [1.807, 2.05) is 18.2 Å². The molecule has 17 heavy (non-hydrogen) atoms. The quantitative estimate of drug-likeness (QED) is 0.852. The van der Waals surface area contributed by atoms with Gasteiger partial charge in [0.05, 0.1) is 0 Å². The maximum atomic E-state index is 4.37. The first-order valence-electron chi connectivity index (χ1n) is 5.48. The molecular formula is C13H15BrN2S. The van der Waals surface area contributed by atoms with Crippen LogP contribution in [0.3, 0.4) is 0 Å². The van der Waals surface area contributed by atoms with Crippen LogP contribution in [0.4, 0.5) is 5.82 Å². The Hall–Kier alpha value is -0.870. The van der Waals surface area contributed by atoms with Crippen molar-refractivity contribution in [2.24, 2.45) is 0 Å². The summed E-state index contributed by atoms with van der Waals surface area (Å²) in [7, 11) is 0. The fraction of sp³-hybridized carbons (Fsp3) is 0.308. The van der Waals surface area contributed by atoms with Crippen LogP contribution in [-0.4, -0.2) is 11.5 Å². The number of anilines is 1. The summed E-state index contributed by atoms with van der Waals surface area (Å²) in [5, 5.41) is 5.50. The Morgan fingerprint density at radius 1 is 1.29 bits per heavy atom. The van der Waals surface area contributed by atoms with Crippen LogP contribution < -0.4 is 5.32 Å². The molecule has 0 radical (unpaired) electrons. The van der Waals surface area contributed by atoms with E-state index in [0.29, 0.717) is 0 Å². The highest BCUT2D eigenvalue weighted by atomic mass is 79.9. The molecule has 0 saturated carbocycles. The maximum absolute atomic E-state index is 4.37. The van der Waals surface area contributed by atoms with Crippen LogP contribution in [0.1, 0.15) is 18.7 Å². The van der Waals surface area contributed by atoms with Gasteiger partial charge in [0, 0.05) is 16.8 Å². The van der Waals surface area contributed by atoms with Gasteiger partial charge in [-0.25, -0.2) is 4.98 Å². The highest BCUT2D eigenvalue weighted by Gasteiger charge is 2.21. The van der Waals surface area contributed by atoms with Gasteiger partial charge in [0.15, 0.2) is 0 Å². The van der Waals surface area contributed by atoms with E-state index in [1.54, 1.807) is 11.3 Å². The standard InChI is InChI=1S/C13H15BrN2S/c1-13(2,10-5-4-8-17-10)9-15-12-7-3-6-11(14)16-12/h3-8H,9H2,1-2H3,(H,15,16). The Balaban J connectivity index is 2.03. The molecule has 4 heteroatoms. The number of nitrogens with zero attached hydrogens (tertiary/aromatic N) is 1. The van der Waals surface area contributed by atoms with Crippen molar-refractivity contribution in [3.8, 4) is 0 Å². The number of hydrogen-bond donors (Lipinski definition) is 1. The fourth-order valence-corrected chi connectivity index (χ4v) is 2.76. The lowest BCUT2D eigenvalue weighted by Crippen LogP contribution is -2.26.